The van der Waals surface area contributed by atoms with Crippen molar-refractivity contribution in [1.82, 2.24) is 4.90 Å². The van der Waals surface area contributed by atoms with Crippen molar-refractivity contribution >= 4 is 23.2 Å². The highest BCUT2D eigenvalue weighted by molar-refractivity contribution is 5.91. The molecule has 0 spiro atoms. The van der Waals surface area contributed by atoms with Gasteiger partial charge in [-0.3, -0.25) is 9.59 Å². The summed E-state index contributed by atoms with van der Waals surface area (Å²) < 4.78 is 0. The molecule has 108 valence electrons. The Balaban J connectivity index is 1.72. The molecule has 5 heteroatoms. The first-order chi connectivity index (χ1) is 9.54. The molecule has 1 atom stereocenters. The number of carbonyl (C=O) groups is 2. The molecule has 0 aliphatic carbocycles. The van der Waals surface area contributed by atoms with Crippen LogP contribution in [0.3, 0.4) is 0 Å². The Bertz CT molecular complexity index is 502. The minimum absolute atomic E-state index is 0.0460. The van der Waals surface area contributed by atoms with Crippen LogP contribution in [0.25, 0.3) is 0 Å². The number of nitrogens with two attached hydrogens (primary N) is 1. The van der Waals surface area contributed by atoms with E-state index in [0.29, 0.717) is 43.1 Å². The van der Waals surface area contributed by atoms with Gasteiger partial charge in [-0.2, -0.15) is 0 Å². The predicted molar refractivity (Wildman–Crippen MR) is 79.1 cm³/mol. The molecule has 1 aliphatic heterocycles. The number of hydrogen-bond acceptors (Lipinski definition) is 3. The Morgan fingerprint density at radius 1 is 1.50 bits per heavy atom. The Kier molecular flexibility index (Phi) is 4.61. The van der Waals surface area contributed by atoms with Crippen LogP contribution in [0.2, 0.25) is 0 Å². The van der Waals surface area contributed by atoms with Crippen LogP contribution in [-0.4, -0.2) is 29.8 Å². The quantitative estimate of drug-likeness (QED) is 0.805. The Labute approximate surface area is 119 Å². The zero-order valence-corrected chi connectivity index (χ0v) is 11.8. The molecule has 0 radical (unpaired) electrons. The van der Waals surface area contributed by atoms with Crippen LogP contribution in [0, 0.1) is 5.92 Å². The SMILES string of the molecule is CC1CC(=O)N(CCCC(=O)Nc2cccc(N)c2)C1. The van der Waals surface area contributed by atoms with E-state index in [1.54, 1.807) is 24.3 Å². The van der Waals surface area contributed by atoms with Crippen LogP contribution in [0.5, 0.6) is 0 Å². The van der Waals surface area contributed by atoms with Crippen molar-refractivity contribution in [3.8, 4) is 0 Å². The zero-order valence-electron chi connectivity index (χ0n) is 11.8. The number of rotatable bonds is 5. The van der Waals surface area contributed by atoms with Crippen LogP contribution >= 0.6 is 0 Å². The van der Waals surface area contributed by atoms with Crippen molar-refractivity contribution in [2.75, 3.05) is 24.1 Å². The zero-order chi connectivity index (χ0) is 14.5. The third-order valence-corrected chi connectivity index (χ3v) is 3.41. The molecule has 1 aromatic rings. The average Bonchev–Trinajstić information content (AvgIpc) is 2.68. The van der Waals surface area contributed by atoms with Gasteiger partial charge < -0.3 is 16.0 Å². The van der Waals surface area contributed by atoms with E-state index in [2.05, 4.69) is 12.2 Å². The molecule has 2 rings (SSSR count). The van der Waals surface area contributed by atoms with Gasteiger partial charge in [0.15, 0.2) is 0 Å². The highest BCUT2D eigenvalue weighted by Gasteiger charge is 2.25. The standard InChI is InChI=1S/C15H21N3O2/c1-11-8-15(20)18(10-11)7-3-6-14(19)17-13-5-2-4-12(16)9-13/h2,4-5,9,11H,3,6-8,10,16H2,1H3,(H,17,19). The van der Waals surface area contributed by atoms with Gasteiger partial charge in [-0.05, 0) is 30.5 Å². The lowest BCUT2D eigenvalue weighted by molar-refractivity contribution is -0.128. The third kappa shape index (κ3) is 3.98. The highest BCUT2D eigenvalue weighted by atomic mass is 16.2. The van der Waals surface area contributed by atoms with E-state index >= 15 is 0 Å². The molecule has 1 fully saturated rings. The van der Waals surface area contributed by atoms with Crippen molar-refractivity contribution < 1.29 is 9.59 Å². The van der Waals surface area contributed by atoms with Crippen LogP contribution in [-0.2, 0) is 9.59 Å². The Morgan fingerprint density at radius 3 is 2.95 bits per heavy atom. The van der Waals surface area contributed by atoms with E-state index in [0.717, 1.165) is 6.54 Å². The summed E-state index contributed by atoms with van der Waals surface area (Å²) in [4.78, 5) is 25.2. The summed E-state index contributed by atoms with van der Waals surface area (Å²) in [7, 11) is 0. The summed E-state index contributed by atoms with van der Waals surface area (Å²) in [6.45, 7) is 3.55. The highest BCUT2D eigenvalue weighted by Crippen LogP contribution is 2.17. The van der Waals surface area contributed by atoms with Crippen molar-refractivity contribution in [3.63, 3.8) is 0 Å². The Morgan fingerprint density at radius 2 is 2.30 bits per heavy atom. The molecule has 20 heavy (non-hydrogen) atoms. The number of carbonyl (C=O) groups excluding carboxylic acids is 2. The fourth-order valence-electron chi connectivity index (χ4n) is 2.46. The first kappa shape index (κ1) is 14.4. The molecular weight excluding hydrogens is 254 g/mol. The second-order valence-corrected chi connectivity index (χ2v) is 5.43. The van der Waals surface area contributed by atoms with Gasteiger partial charge in [-0.15, -0.1) is 0 Å². The first-order valence-electron chi connectivity index (χ1n) is 6.98. The van der Waals surface area contributed by atoms with E-state index in [1.807, 2.05) is 4.90 Å². The second kappa shape index (κ2) is 6.41. The third-order valence-electron chi connectivity index (χ3n) is 3.41. The van der Waals surface area contributed by atoms with Gasteiger partial charge in [0.25, 0.3) is 0 Å². The average molecular weight is 275 g/mol. The number of nitrogens with zero attached hydrogens (tertiary/aromatic N) is 1. The molecule has 1 aliphatic rings. The number of nitrogens with one attached hydrogen (secondary N) is 1. The summed E-state index contributed by atoms with van der Waals surface area (Å²) in [6, 6.07) is 7.11. The first-order valence-corrected chi connectivity index (χ1v) is 6.98. The van der Waals surface area contributed by atoms with Gasteiger partial charge in [0.1, 0.15) is 0 Å². The van der Waals surface area contributed by atoms with Gasteiger partial charge >= 0.3 is 0 Å². The van der Waals surface area contributed by atoms with Crippen LogP contribution in [0.4, 0.5) is 11.4 Å². The lowest BCUT2D eigenvalue weighted by Crippen LogP contribution is -2.27. The molecule has 1 unspecified atom stereocenters. The maximum Gasteiger partial charge on any atom is 0.224 e. The number of anilines is 2. The van der Waals surface area contributed by atoms with Gasteiger partial charge in [0.05, 0.1) is 0 Å². The molecule has 5 nitrogen and oxygen atoms in total. The molecule has 3 N–H and O–H groups in total. The fourth-order valence-corrected chi connectivity index (χ4v) is 2.46. The van der Waals surface area contributed by atoms with Gasteiger partial charge in [-0.1, -0.05) is 13.0 Å². The van der Waals surface area contributed by atoms with Crippen molar-refractivity contribution in [2.45, 2.75) is 26.2 Å². The lowest BCUT2D eigenvalue weighted by Gasteiger charge is -2.15. The van der Waals surface area contributed by atoms with E-state index in [4.69, 9.17) is 5.73 Å². The van der Waals surface area contributed by atoms with Crippen LogP contribution in [0.15, 0.2) is 24.3 Å². The van der Waals surface area contributed by atoms with Gasteiger partial charge in [0.2, 0.25) is 11.8 Å². The summed E-state index contributed by atoms with van der Waals surface area (Å²) >= 11 is 0. The minimum atomic E-state index is -0.0460. The number of nitrogen functional groups attached to an aromatic ring is 1. The largest absolute Gasteiger partial charge is 0.399 e. The minimum Gasteiger partial charge on any atom is -0.399 e. The maximum absolute atomic E-state index is 11.8. The summed E-state index contributed by atoms with van der Waals surface area (Å²) in [5.74, 6) is 0.590. The van der Waals surface area contributed by atoms with E-state index in [1.165, 1.54) is 0 Å². The van der Waals surface area contributed by atoms with Crippen molar-refractivity contribution in [2.24, 2.45) is 5.92 Å². The number of likely N-dealkylation sites (tertiary alicyclic amines) is 1. The number of hydrogen-bond donors (Lipinski definition) is 2. The van der Waals surface area contributed by atoms with E-state index in [9.17, 15) is 9.59 Å². The van der Waals surface area contributed by atoms with Gasteiger partial charge in [-0.25, -0.2) is 0 Å². The predicted octanol–water partition coefficient (Wildman–Crippen LogP) is 1.86. The molecular formula is C15H21N3O2. The summed E-state index contributed by atoms with van der Waals surface area (Å²) in [6.07, 6.45) is 1.73. The molecule has 2 amide bonds. The van der Waals surface area contributed by atoms with E-state index < -0.39 is 0 Å². The molecule has 1 saturated heterocycles. The molecule has 1 heterocycles. The molecule has 1 aromatic carbocycles. The van der Waals surface area contributed by atoms with Crippen molar-refractivity contribution in [3.05, 3.63) is 24.3 Å². The second-order valence-electron chi connectivity index (χ2n) is 5.43. The van der Waals surface area contributed by atoms with Crippen LogP contribution < -0.4 is 11.1 Å². The topological polar surface area (TPSA) is 75.4 Å². The summed E-state index contributed by atoms with van der Waals surface area (Å²) in [5.41, 5.74) is 6.98. The monoisotopic (exact) mass is 275 g/mol. The number of benzene rings is 1. The smallest absolute Gasteiger partial charge is 0.224 e. The van der Waals surface area contributed by atoms with Gasteiger partial charge in [0, 0.05) is 37.3 Å². The molecule has 0 bridgehead atoms. The fraction of sp³-hybridized carbons (Fsp3) is 0.467. The molecule has 0 saturated carbocycles. The maximum atomic E-state index is 11.8. The molecule has 0 aromatic heterocycles. The number of amides is 2. The van der Waals surface area contributed by atoms with E-state index in [-0.39, 0.29) is 11.8 Å². The summed E-state index contributed by atoms with van der Waals surface area (Å²) in [5, 5.41) is 2.81. The van der Waals surface area contributed by atoms with Crippen LogP contribution in [0.1, 0.15) is 26.2 Å². The normalized spacial score (nSPS) is 18.4. The lowest BCUT2D eigenvalue weighted by atomic mass is 10.2. The Hall–Kier alpha value is -2.04. The van der Waals surface area contributed by atoms with Crippen molar-refractivity contribution in [1.29, 1.82) is 0 Å².